The van der Waals surface area contributed by atoms with E-state index in [-0.39, 0.29) is 0 Å². The number of para-hydroxylation sites is 2. The van der Waals surface area contributed by atoms with Crippen LogP contribution in [-0.2, 0) is 76.3 Å². The van der Waals surface area contributed by atoms with Gasteiger partial charge in [0.1, 0.15) is 0 Å². The third kappa shape index (κ3) is 3.20. The molecule has 0 unspecified atom stereocenters. The zero-order valence-electron chi connectivity index (χ0n) is 11.4. The van der Waals surface area contributed by atoms with Gasteiger partial charge in [-0.3, -0.25) is 0 Å². The number of aromatic nitrogens is 1. The second-order valence-corrected chi connectivity index (χ2v) is 66.4. The molecule has 0 spiro atoms. The van der Waals surface area contributed by atoms with Gasteiger partial charge in [-0.15, -0.1) is 0 Å². The molecule has 1 aromatic heterocycles. The Morgan fingerprint density at radius 2 is 1.40 bits per heavy atom. The zero-order valence-corrected chi connectivity index (χ0v) is 27.9. The Labute approximate surface area is 167 Å². The van der Waals surface area contributed by atoms with E-state index in [2.05, 4.69) is 71.4 Å². The summed E-state index contributed by atoms with van der Waals surface area (Å²) in [6, 6.07) is 21.9. The van der Waals surface area contributed by atoms with E-state index in [1.54, 1.807) is 5.56 Å². The van der Waals surface area contributed by atoms with Gasteiger partial charge in [0.2, 0.25) is 0 Å². The van der Waals surface area contributed by atoms with Crippen molar-refractivity contribution in [2.24, 2.45) is 0 Å². The van der Waals surface area contributed by atoms with E-state index in [4.69, 9.17) is 0 Å². The first-order valence-corrected chi connectivity index (χ1v) is 14.9. The molecule has 82 valence electrons. The van der Waals surface area contributed by atoms with Crippen molar-refractivity contribution in [2.45, 2.75) is -2.06 Å². The third-order valence-corrected chi connectivity index (χ3v) is 7.89. The summed E-state index contributed by atoms with van der Waals surface area (Å²) < 4.78 is 3.05. The third-order valence-electron chi connectivity index (χ3n) is 3.45. The normalized spacial score (nSPS) is 11.9. The van der Waals surface area contributed by atoms with Crippen LogP contribution in [0.25, 0.3) is 16.6 Å². The van der Waals surface area contributed by atoms with Crippen LogP contribution in [0.15, 0.2) is 66.9 Å². The van der Waals surface area contributed by atoms with Gasteiger partial charge in [0.25, 0.3) is 0 Å². The van der Waals surface area contributed by atoms with Crippen molar-refractivity contribution in [2.75, 3.05) is 0 Å². The van der Waals surface area contributed by atoms with Gasteiger partial charge in [-0.25, -0.2) is 0 Å². The van der Waals surface area contributed by atoms with Crippen LogP contribution in [-0.4, -0.2) is 0 Å². The molecule has 0 aliphatic rings. The first-order chi connectivity index (χ1) is 9.57. The van der Waals surface area contributed by atoms with Gasteiger partial charge in [0.15, 0.2) is 0 Å². The number of pyridine rings is 1. The summed E-state index contributed by atoms with van der Waals surface area (Å²) in [4.78, 5) is 0. The Morgan fingerprint density at radius 1 is 0.750 bits per heavy atom. The molecule has 3 aromatic rings. The summed E-state index contributed by atoms with van der Waals surface area (Å²) >= 11 is 2.61. The molecule has 0 saturated carbocycles. The molecule has 0 atom stereocenters. The predicted octanol–water partition coefficient (Wildman–Crippen LogP) is 2.87. The van der Waals surface area contributed by atoms with Crippen LogP contribution in [0, 0.1) is 0 Å². The summed E-state index contributed by atoms with van der Waals surface area (Å²) in [5.74, 6) is 0. The summed E-state index contributed by atoms with van der Waals surface area (Å²) in [5.41, 5.74) is 4.24. The van der Waals surface area contributed by atoms with Crippen molar-refractivity contribution < 1.29 is 82.9 Å². The van der Waals surface area contributed by atoms with E-state index in [9.17, 15) is 0 Å². The molecule has 1 nitrogen and oxygen atoms in total. The minimum absolute atomic E-state index is 0.732. The molecule has 0 aliphatic carbocycles. The molecule has 3 rings (SSSR count). The van der Waals surface area contributed by atoms with Crippen LogP contribution in [0.3, 0.4) is 0 Å². The van der Waals surface area contributed by atoms with E-state index in [1.807, 2.05) is 0 Å². The van der Waals surface area contributed by atoms with Crippen LogP contribution in [0.1, 0.15) is 5.56 Å². The molecule has 0 bridgehead atoms. The molecule has 4 heteroatoms. The monoisotopic (exact) mass is 823 g/mol. The van der Waals surface area contributed by atoms with E-state index in [1.165, 1.54) is 16.6 Å². The average Bonchev–Trinajstić information content (AvgIpc) is 2.46. The fraction of sp³-hybridized carbons (Fsp3) is 0.0625. The zero-order chi connectivity index (χ0) is 14.2. The topological polar surface area (TPSA) is 3.88 Å². The van der Waals surface area contributed by atoms with E-state index in [0.717, 1.165) is 76.3 Å². The van der Waals surface area contributed by atoms with E-state index < -0.39 is 0 Å². The van der Waals surface area contributed by atoms with Crippen molar-refractivity contribution >= 4 is 10.9 Å². The molecule has 0 fully saturated rings. The molecule has 0 saturated heterocycles. The summed E-state index contributed by atoms with van der Waals surface area (Å²) in [6.07, 6.45) is 2.27. The summed E-state index contributed by atoms with van der Waals surface area (Å²) in [5, 5.41) is 1.47. The van der Waals surface area contributed by atoms with E-state index >= 15 is 0 Å². The van der Waals surface area contributed by atoms with Crippen LogP contribution < -0.4 is 4.57 Å². The van der Waals surface area contributed by atoms with Gasteiger partial charge < -0.3 is 0 Å². The van der Waals surface area contributed by atoms with Gasteiger partial charge in [-0.05, 0) is 0 Å². The van der Waals surface area contributed by atoms with Crippen molar-refractivity contribution in [3.63, 3.8) is 0 Å². The Balaban J connectivity index is 2.33. The average molecular weight is 819 g/mol. The van der Waals surface area contributed by atoms with E-state index in [0.29, 0.717) is 0 Å². The molecule has 0 amide bonds. The fourth-order valence-electron chi connectivity index (χ4n) is 2.51. The first kappa shape index (κ1) is 15.5. The van der Waals surface area contributed by atoms with Crippen molar-refractivity contribution in [1.29, 1.82) is 0 Å². The van der Waals surface area contributed by atoms with Crippen molar-refractivity contribution in [1.82, 2.24) is 0 Å². The Bertz CT molecular complexity index is 749. The minimum atomic E-state index is 0.732. The van der Waals surface area contributed by atoms with Crippen LogP contribution in [0.4, 0.5) is 0 Å². The second-order valence-electron chi connectivity index (χ2n) is 5.23. The molecule has 0 radical (unpaired) electrons. The van der Waals surface area contributed by atoms with Gasteiger partial charge >= 0.3 is 170 Å². The van der Waals surface area contributed by atoms with Gasteiger partial charge in [0.05, 0.1) is 0 Å². The molecule has 2 aromatic carbocycles. The number of nitrogens with zero attached hydrogens (tertiary/aromatic N) is 1. The maximum absolute atomic E-state index is 2.39. The number of rotatable bonds is 2. The quantitative estimate of drug-likeness (QED) is 0.277. The number of hydrogen-bond acceptors (Lipinski definition) is 0. The number of hydrogen-bond donors (Lipinski definition) is 0. The van der Waals surface area contributed by atoms with Crippen molar-refractivity contribution in [3.8, 4) is 5.69 Å². The van der Waals surface area contributed by atoms with Crippen LogP contribution in [0.5, 0.6) is 0 Å². The van der Waals surface area contributed by atoms with Gasteiger partial charge in [-0.1, -0.05) is 0 Å². The maximum atomic E-state index is 2.39. The molecule has 1 heterocycles. The Morgan fingerprint density at radius 3 is 2.10 bits per heavy atom. The fourth-order valence-corrected chi connectivity index (χ4v) is 6.10. The number of benzene rings is 2. The molecule has 20 heavy (non-hydrogen) atoms. The van der Waals surface area contributed by atoms with Crippen molar-refractivity contribution in [3.05, 3.63) is 72.4 Å². The first-order valence-electron chi connectivity index (χ1n) is 6.63. The molecular formula is C16H11Hg3N+4. The van der Waals surface area contributed by atoms with Gasteiger partial charge in [-0.2, -0.15) is 0 Å². The predicted molar refractivity (Wildman–Crippen MR) is 67.2 cm³/mol. The standard InChI is InChI=1S/C16H11N.3Hg/c1-13-11-12-17(14-7-3-2-4-8-14)16-10-6-5-9-15(13)16;;;/h2-12H;;;/q4*+1. The molecule has 0 N–H and O–H groups in total. The molecule has 0 aliphatic heterocycles. The van der Waals surface area contributed by atoms with Crippen LogP contribution in [0.2, 0.25) is 0 Å². The van der Waals surface area contributed by atoms with Gasteiger partial charge in [0, 0.05) is 0 Å². The summed E-state index contributed by atoms with van der Waals surface area (Å²) in [7, 11) is 0. The Hall–Kier alpha value is 0.655. The Kier molecular flexibility index (Phi) is 4.99. The van der Waals surface area contributed by atoms with Crippen LogP contribution >= 0.6 is 0 Å². The second kappa shape index (κ2) is 6.41. The number of fused-ring (bicyclic) bond motifs is 1. The summed E-state index contributed by atoms with van der Waals surface area (Å²) in [6.45, 7) is 0. The molecular weight excluding hydrogens is 808 g/mol. The SMILES string of the molecule is [Hg+][C]([Hg+])([Hg+])c1cc[n+](-c2ccccc2)c2ccccc12.